The molecule has 0 fully saturated rings. The smallest absolute Gasteiger partial charge is 0.302 e. The molecule has 8 heteroatoms. The van der Waals surface area contributed by atoms with Gasteiger partial charge in [0.15, 0.2) is 11.4 Å². The van der Waals surface area contributed by atoms with E-state index >= 15 is 0 Å². The van der Waals surface area contributed by atoms with Crippen LogP contribution in [0.4, 0.5) is 6.01 Å². The number of anilines is 1. The second-order valence-electron chi connectivity index (χ2n) is 5.42. The topological polar surface area (TPSA) is 110 Å². The maximum absolute atomic E-state index is 12.2. The van der Waals surface area contributed by atoms with Crippen molar-refractivity contribution in [2.24, 2.45) is 0 Å². The van der Waals surface area contributed by atoms with Crippen LogP contribution in [0.15, 0.2) is 51.6 Å². The standard InChI is InChI=1S/C17H16N4O4/c1-10-8-13(21-25-10)15(22)20-17-19-14(9-24-17)16(23)18-11(2)12-6-4-3-5-7-12/h3-9,11H,1-2H3,(H,18,23)(H,19,20,22)/t11-/m1/s1. The van der Waals surface area contributed by atoms with E-state index in [1.807, 2.05) is 37.3 Å². The number of carbonyl (C=O) groups is 2. The number of benzene rings is 1. The molecule has 2 heterocycles. The van der Waals surface area contributed by atoms with Gasteiger partial charge in [-0.1, -0.05) is 35.5 Å². The van der Waals surface area contributed by atoms with Crippen LogP contribution in [0.2, 0.25) is 0 Å². The highest BCUT2D eigenvalue weighted by molar-refractivity contribution is 6.02. The Bertz CT molecular complexity index is 885. The number of carbonyl (C=O) groups excluding carboxylic acids is 2. The van der Waals surface area contributed by atoms with Crippen molar-refractivity contribution in [3.8, 4) is 0 Å². The lowest BCUT2D eigenvalue weighted by Gasteiger charge is -2.12. The van der Waals surface area contributed by atoms with E-state index in [4.69, 9.17) is 8.94 Å². The first-order valence-corrected chi connectivity index (χ1v) is 7.59. The maximum atomic E-state index is 12.2. The van der Waals surface area contributed by atoms with Gasteiger partial charge in [-0.25, -0.2) is 0 Å². The van der Waals surface area contributed by atoms with Crippen molar-refractivity contribution in [1.82, 2.24) is 15.5 Å². The molecule has 1 aromatic carbocycles. The van der Waals surface area contributed by atoms with Gasteiger partial charge in [-0.05, 0) is 19.4 Å². The van der Waals surface area contributed by atoms with Crippen molar-refractivity contribution in [2.45, 2.75) is 19.9 Å². The van der Waals surface area contributed by atoms with Gasteiger partial charge in [0, 0.05) is 6.07 Å². The summed E-state index contributed by atoms with van der Waals surface area (Å²) < 4.78 is 9.94. The molecule has 0 unspecified atom stereocenters. The van der Waals surface area contributed by atoms with Crippen molar-refractivity contribution in [2.75, 3.05) is 5.32 Å². The lowest BCUT2D eigenvalue weighted by molar-refractivity contribution is 0.0933. The number of rotatable bonds is 5. The Hall–Kier alpha value is -3.42. The van der Waals surface area contributed by atoms with Crippen LogP contribution in [-0.4, -0.2) is 22.0 Å². The Morgan fingerprint density at radius 1 is 1.12 bits per heavy atom. The van der Waals surface area contributed by atoms with E-state index in [1.165, 1.54) is 12.3 Å². The summed E-state index contributed by atoms with van der Waals surface area (Å²) >= 11 is 0. The minimum Gasteiger partial charge on any atom is -0.431 e. The maximum Gasteiger partial charge on any atom is 0.302 e. The highest BCUT2D eigenvalue weighted by atomic mass is 16.5. The molecule has 2 N–H and O–H groups in total. The summed E-state index contributed by atoms with van der Waals surface area (Å²) in [7, 11) is 0. The van der Waals surface area contributed by atoms with Gasteiger partial charge in [0.2, 0.25) is 0 Å². The molecule has 3 rings (SSSR count). The first-order valence-electron chi connectivity index (χ1n) is 7.59. The fourth-order valence-electron chi connectivity index (χ4n) is 2.17. The van der Waals surface area contributed by atoms with E-state index in [-0.39, 0.29) is 23.4 Å². The molecule has 0 radical (unpaired) electrons. The summed E-state index contributed by atoms with van der Waals surface area (Å²) in [4.78, 5) is 28.1. The zero-order valence-corrected chi connectivity index (χ0v) is 13.6. The van der Waals surface area contributed by atoms with Gasteiger partial charge in [0.05, 0.1) is 6.04 Å². The van der Waals surface area contributed by atoms with Crippen LogP contribution in [0, 0.1) is 6.92 Å². The molecule has 2 amide bonds. The van der Waals surface area contributed by atoms with Gasteiger partial charge in [0.1, 0.15) is 12.0 Å². The molecule has 0 saturated heterocycles. The molecule has 0 aliphatic heterocycles. The summed E-state index contributed by atoms with van der Waals surface area (Å²) in [5.41, 5.74) is 1.13. The highest BCUT2D eigenvalue weighted by Gasteiger charge is 2.18. The van der Waals surface area contributed by atoms with Crippen LogP contribution < -0.4 is 10.6 Å². The van der Waals surface area contributed by atoms with Crippen molar-refractivity contribution in [1.29, 1.82) is 0 Å². The molecule has 25 heavy (non-hydrogen) atoms. The van der Waals surface area contributed by atoms with E-state index in [2.05, 4.69) is 20.8 Å². The second-order valence-corrected chi connectivity index (χ2v) is 5.42. The Balaban J connectivity index is 1.62. The zero-order chi connectivity index (χ0) is 17.8. The Morgan fingerprint density at radius 2 is 1.88 bits per heavy atom. The van der Waals surface area contributed by atoms with Crippen molar-refractivity contribution in [3.63, 3.8) is 0 Å². The number of nitrogens with one attached hydrogen (secondary N) is 2. The molecule has 3 aromatic rings. The largest absolute Gasteiger partial charge is 0.431 e. The number of aromatic nitrogens is 2. The molecular weight excluding hydrogens is 324 g/mol. The van der Waals surface area contributed by atoms with Crippen molar-refractivity contribution in [3.05, 3.63) is 65.4 Å². The van der Waals surface area contributed by atoms with Gasteiger partial charge in [-0.2, -0.15) is 4.98 Å². The number of nitrogens with zero attached hydrogens (tertiary/aromatic N) is 2. The van der Waals surface area contributed by atoms with Gasteiger partial charge < -0.3 is 14.3 Å². The van der Waals surface area contributed by atoms with E-state index in [0.717, 1.165) is 5.56 Å². The lowest BCUT2D eigenvalue weighted by atomic mass is 10.1. The Labute approximate surface area is 143 Å². The Kier molecular flexibility index (Phi) is 4.60. The first-order chi connectivity index (χ1) is 12.0. The number of aryl methyl sites for hydroxylation is 1. The molecule has 0 saturated carbocycles. The summed E-state index contributed by atoms with van der Waals surface area (Å²) in [6.07, 6.45) is 1.18. The van der Waals surface area contributed by atoms with Crippen LogP contribution >= 0.6 is 0 Å². The van der Waals surface area contributed by atoms with Crippen LogP contribution in [-0.2, 0) is 0 Å². The van der Waals surface area contributed by atoms with Crippen LogP contribution in [0.5, 0.6) is 0 Å². The molecule has 0 spiro atoms. The average molecular weight is 340 g/mol. The molecular formula is C17H16N4O4. The fraction of sp³-hybridized carbons (Fsp3) is 0.176. The zero-order valence-electron chi connectivity index (χ0n) is 13.6. The van der Waals surface area contributed by atoms with Crippen LogP contribution in [0.25, 0.3) is 0 Å². The van der Waals surface area contributed by atoms with Crippen LogP contribution in [0.1, 0.15) is 45.3 Å². The molecule has 1 atom stereocenters. The van der Waals surface area contributed by atoms with E-state index < -0.39 is 11.8 Å². The molecule has 2 aromatic heterocycles. The number of oxazole rings is 1. The summed E-state index contributed by atoms with van der Waals surface area (Å²) in [6.45, 7) is 3.54. The SMILES string of the molecule is Cc1cc(C(=O)Nc2nc(C(=O)N[C@H](C)c3ccccc3)co2)no1. The Morgan fingerprint density at radius 3 is 2.56 bits per heavy atom. The summed E-state index contributed by atoms with van der Waals surface area (Å²) in [6, 6.07) is 10.7. The predicted molar refractivity (Wildman–Crippen MR) is 88.0 cm³/mol. The summed E-state index contributed by atoms with van der Waals surface area (Å²) in [5.74, 6) is -0.436. The van der Waals surface area contributed by atoms with Crippen molar-refractivity contribution >= 4 is 17.8 Å². The minimum absolute atomic E-state index is 0.0643. The van der Waals surface area contributed by atoms with E-state index in [9.17, 15) is 9.59 Å². The third-order valence-corrected chi connectivity index (χ3v) is 3.47. The third-order valence-electron chi connectivity index (χ3n) is 3.47. The molecule has 0 aliphatic rings. The summed E-state index contributed by atoms with van der Waals surface area (Å²) in [5, 5.41) is 8.82. The highest BCUT2D eigenvalue weighted by Crippen LogP contribution is 2.14. The van der Waals surface area contributed by atoms with Crippen LogP contribution in [0.3, 0.4) is 0 Å². The third kappa shape index (κ3) is 3.92. The van der Waals surface area contributed by atoms with E-state index in [0.29, 0.717) is 5.76 Å². The quantitative estimate of drug-likeness (QED) is 0.739. The molecule has 128 valence electrons. The second kappa shape index (κ2) is 7.00. The molecule has 0 bridgehead atoms. The van der Waals surface area contributed by atoms with E-state index in [1.54, 1.807) is 6.92 Å². The molecule has 0 aliphatic carbocycles. The monoisotopic (exact) mass is 340 g/mol. The minimum atomic E-state index is -0.539. The van der Waals surface area contributed by atoms with Gasteiger partial charge in [-0.3, -0.25) is 14.9 Å². The number of hydrogen-bond donors (Lipinski definition) is 2. The van der Waals surface area contributed by atoms with Gasteiger partial charge >= 0.3 is 6.01 Å². The average Bonchev–Trinajstić information content (AvgIpc) is 3.25. The predicted octanol–water partition coefficient (Wildman–Crippen LogP) is 2.71. The lowest BCUT2D eigenvalue weighted by Crippen LogP contribution is -2.27. The first kappa shape index (κ1) is 16.4. The van der Waals surface area contributed by atoms with Gasteiger partial charge in [-0.15, -0.1) is 0 Å². The number of amides is 2. The molecule has 8 nitrogen and oxygen atoms in total. The van der Waals surface area contributed by atoms with Crippen molar-refractivity contribution < 1.29 is 18.5 Å². The fourth-order valence-corrected chi connectivity index (χ4v) is 2.17. The number of hydrogen-bond acceptors (Lipinski definition) is 6. The van der Waals surface area contributed by atoms with Gasteiger partial charge in [0.25, 0.3) is 11.8 Å². The normalized spacial score (nSPS) is 11.8.